The van der Waals surface area contributed by atoms with Crippen LogP contribution in [0, 0.1) is 0 Å². The van der Waals surface area contributed by atoms with Crippen molar-refractivity contribution < 1.29 is 9.59 Å². The molecule has 4 heterocycles. The monoisotopic (exact) mass is 631 g/mol. The van der Waals surface area contributed by atoms with E-state index in [1.807, 2.05) is 41.3 Å². The Balaban J connectivity index is 1.27. The summed E-state index contributed by atoms with van der Waals surface area (Å²) >= 11 is 3.63. The molecule has 0 bridgehead atoms. The van der Waals surface area contributed by atoms with Gasteiger partial charge in [0.1, 0.15) is 0 Å². The van der Waals surface area contributed by atoms with Crippen LogP contribution in [0.3, 0.4) is 0 Å². The van der Waals surface area contributed by atoms with E-state index in [9.17, 15) is 9.59 Å². The van der Waals surface area contributed by atoms with Crippen molar-refractivity contribution in [1.29, 1.82) is 0 Å². The van der Waals surface area contributed by atoms with E-state index in [-0.39, 0.29) is 37.1 Å². The number of para-hydroxylation sites is 1. The van der Waals surface area contributed by atoms with Crippen molar-refractivity contribution >= 4 is 91.4 Å². The number of anilines is 3. The van der Waals surface area contributed by atoms with Crippen LogP contribution >= 0.6 is 23.1 Å². The van der Waals surface area contributed by atoms with Crippen molar-refractivity contribution in [2.45, 2.75) is 29.1 Å². The molecule has 3 nitrogen and oxygen atoms in total. The second-order valence-electron chi connectivity index (χ2n) is 11.3. The molecule has 9 rings (SSSR count). The number of ketones is 2. The molecule has 0 saturated heterocycles. The SMILES string of the molecule is CC1(C)c2cc(C=C3C(=O)c4ccccc4C3=O)[se]c2N2c3cc4sc5ccccc5c4cc3Sc3cccc1c32. The van der Waals surface area contributed by atoms with Gasteiger partial charge in [-0.15, -0.1) is 0 Å². The Morgan fingerprint density at radius 1 is 0.756 bits per heavy atom. The first-order valence-corrected chi connectivity index (χ1v) is 16.9. The zero-order valence-electron chi connectivity index (χ0n) is 22.1. The van der Waals surface area contributed by atoms with E-state index in [4.69, 9.17) is 0 Å². The Kier molecular flexibility index (Phi) is 4.80. The summed E-state index contributed by atoms with van der Waals surface area (Å²) in [5, 5.41) is 2.61. The van der Waals surface area contributed by atoms with E-state index in [1.165, 1.54) is 57.0 Å². The molecular formula is C35H21NO2S2Se. The van der Waals surface area contributed by atoms with Crippen LogP contribution in [-0.4, -0.2) is 26.1 Å². The average molecular weight is 631 g/mol. The first-order valence-electron chi connectivity index (χ1n) is 13.5. The van der Waals surface area contributed by atoms with Crippen LogP contribution in [-0.2, 0) is 5.41 Å². The predicted octanol–water partition coefficient (Wildman–Crippen LogP) is 9.15. The number of carbonyl (C=O) groups is 2. The molecular weight excluding hydrogens is 609 g/mol. The summed E-state index contributed by atoms with van der Waals surface area (Å²) in [6.07, 6.45) is 1.87. The number of carbonyl (C=O) groups excluding carboxylic acids is 2. The molecule has 1 aliphatic carbocycles. The quantitative estimate of drug-likeness (QED) is 0.103. The Labute approximate surface area is 250 Å². The summed E-state index contributed by atoms with van der Waals surface area (Å²) in [5.41, 5.74) is 6.20. The minimum atomic E-state index is -0.203. The fraction of sp³-hybridized carbons (Fsp3) is 0.0857. The van der Waals surface area contributed by atoms with Gasteiger partial charge in [-0.05, 0) is 0 Å². The third kappa shape index (κ3) is 3.16. The Hall–Kier alpha value is -3.67. The molecule has 2 aromatic heterocycles. The topological polar surface area (TPSA) is 37.4 Å². The second kappa shape index (κ2) is 8.21. The van der Waals surface area contributed by atoms with Gasteiger partial charge in [-0.1, -0.05) is 0 Å². The predicted molar refractivity (Wildman–Crippen MR) is 170 cm³/mol. The maximum absolute atomic E-state index is 13.2. The number of hydrogen-bond acceptors (Lipinski definition) is 5. The van der Waals surface area contributed by atoms with E-state index in [1.54, 1.807) is 12.1 Å². The molecule has 0 saturated carbocycles. The number of nitrogens with zero attached hydrogens (tertiary/aromatic N) is 1. The molecule has 2 aliphatic heterocycles. The van der Waals surface area contributed by atoms with Gasteiger partial charge in [-0.25, -0.2) is 0 Å². The Bertz CT molecular complexity index is 2180. The zero-order valence-corrected chi connectivity index (χ0v) is 25.5. The number of rotatable bonds is 1. The van der Waals surface area contributed by atoms with Crippen molar-refractivity contribution in [3.63, 3.8) is 0 Å². The number of benzene rings is 4. The van der Waals surface area contributed by atoms with Crippen LogP contribution in [0.2, 0.25) is 0 Å². The summed E-state index contributed by atoms with van der Waals surface area (Å²) in [5.74, 6) is -0.326. The molecule has 196 valence electrons. The number of hydrogen-bond donors (Lipinski definition) is 0. The number of allylic oxidation sites excluding steroid dienone is 1. The standard InChI is InChI=1S/C35H21NO2S2Se/c1-35(2)24-11-7-13-28-31(24)36(26-17-29-22(16-30(26)40-28)19-8-5-6-12-27(19)39-29)34-25(35)15-18(41-34)14-23-32(37)20-9-3-4-10-21(20)33(23)38/h3-17H,1-2H3. The zero-order chi connectivity index (χ0) is 27.6. The Morgan fingerprint density at radius 2 is 1.51 bits per heavy atom. The normalized spacial score (nSPS) is 16.1. The number of Topliss-reactive ketones (excluding diaryl/α,β-unsaturated/α-hetero) is 2. The fourth-order valence-electron chi connectivity index (χ4n) is 6.56. The van der Waals surface area contributed by atoms with Gasteiger partial charge in [-0.2, -0.15) is 0 Å². The van der Waals surface area contributed by atoms with Gasteiger partial charge >= 0.3 is 252 Å². The van der Waals surface area contributed by atoms with E-state index < -0.39 is 0 Å². The molecule has 0 fully saturated rings. The molecule has 6 heteroatoms. The maximum atomic E-state index is 13.2. The van der Waals surface area contributed by atoms with E-state index in [0.717, 1.165) is 4.44 Å². The number of fused-ring (bicyclic) bond motifs is 8. The van der Waals surface area contributed by atoms with Crippen molar-refractivity contribution in [1.82, 2.24) is 0 Å². The third-order valence-electron chi connectivity index (χ3n) is 8.62. The van der Waals surface area contributed by atoms with E-state index in [0.29, 0.717) is 11.1 Å². The van der Waals surface area contributed by atoms with E-state index in [2.05, 4.69) is 79.4 Å². The minimum absolute atomic E-state index is 0.0753. The first kappa shape index (κ1) is 24.0. The van der Waals surface area contributed by atoms with Crippen molar-refractivity contribution in [2.24, 2.45) is 0 Å². The van der Waals surface area contributed by atoms with Gasteiger partial charge in [0.2, 0.25) is 0 Å². The summed E-state index contributed by atoms with van der Waals surface area (Å²) < 4.78 is 4.96. The van der Waals surface area contributed by atoms with Gasteiger partial charge in [0.15, 0.2) is 0 Å². The van der Waals surface area contributed by atoms with Gasteiger partial charge in [0, 0.05) is 0 Å². The van der Waals surface area contributed by atoms with Crippen LogP contribution in [0.15, 0.2) is 100 Å². The fourth-order valence-corrected chi connectivity index (χ4v) is 11.5. The molecule has 0 spiro atoms. The van der Waals surface area contributed by atoms with Crippen LogP contribution < -0.4 is 4.90 Å². The summed E-state index contributed by atoms with van der Waals surface area (Å²) in [7, 11) is 0. The van der Waals surface area contributed by atoms with Crippen molar-refractivity contribution in [3.8, 4) is 0 Å². The van der Waals surface area contributed by atoms with Crippen molar-refractivity contribution in [3.05, 3.63) is 117 Å². The molecule has 0 atom stereocenters. The summed E-state index contributed by atoms with van der Waals surface area (Å²) in [6.45, 7) is 4.60. The molecule has 0 unspecified atom stereocenters. The third-order valence-corrected chi connectivity index (χ3v) is 13.1. The molecule has 0 N–H and O–H groups in total. The molecule has 0 amide bonds. The van der Waals surface area contributed by atoms with Gasteiger partial charge in [0.05, 0.1) is 0 Å². The molecule has 6 aromatic rings. The van der Waals surface area contributed by atoms with Crippen LogP contribution in [0.4, 0.5) is 15.9 Å². The molecule has 41 heavy (non-hydrogen) atoms. The summed E-state index contributed by atoms with van der Waals surface area (Å²) in [6, 6.07) is 29.5. The van der Waals surface area contributed by atoms with Crippen LogP contribution in [0.25, 0.3) is 26.2 Å². The molecule has 0 radical (unpaired) electrons. The molecule has 3 aliphatic rings. The second-order valence-corrected chi connectivity index (χ2v) is 15.7. The number of thiophene rings is 1. The summed E-state index contributed by atoms with van der Waals surface area (Å²) in [4.78, 5) is 31.5. The van der Waals surface area contributed by atoms with Crippen LogP contribution in [0.5, 0.6) is 0 Å². The van der Waals surface area contributed by atoms with E-state index >= 15 is 0 Å². The van der Waals surface area contributed by atoms with Gasteiger partial charge in [0.25, 0.3) is 0 Å². The van der Waals surface area contributed by atoms with Crippen molar-refractivity contribution in [2.75, 3.05) is 4.90 Å². The average Bonchev–Trinajstić information content (AvgIpc) is 3.64. The van der Waals surface area contributed by atoms with Gasteiger partial charge in [-0.3, -0.25) is 0 Å². The van der Waals surface area contributed by atoms with Gasteiger partial charge < -0.3 is 0 Å². The molecule has 4 aromatic carbocycles. The van der Waals surface area contributed by atoms with Crippen LogP contribution in [0.1, 0.15) is 50.1 Å². The Morgan fingerprint density at radius 3 is 2.32 bits per heavy atom. The first-order chi connectivity index (χ1) is 19.9.